The van der Waals surface area contributed by atoms with E-state index >= 15 is 0 Å². The SMILES string of the molecule is C#CCOc1cc(C)c(S(=O)(=O)OCC(C)(O)C(=O)C(CC(C)C)NC(=O)C(Cc2ccccc2)NC(=O)C(CC(C)C)NC(=O)C(CCc2ccccc2)NC(=O)CN2CCOCC2)c(C)c1. The van der Waals surface area contributed by atoms with Gasteiger partial charge in [-0.25, -0.2) is 0 Å². The van der Waals surface area contributed by atoms with Crippen LogP contribution in [0, 0.1) is 38.0 Å². The Bertz CT molecular complexity index is 2290. The van der Waals surface area contributed by atoms with E-state index < -0.39 is 70.0 Å². The van der Waals surface area contributed by atoms with Gasteiger partial charge in [0, 0.05) is 19.5 Å². The molecule has 370 valence electrons. The molecule has 0 bridgehead atoms. The first-order valence-corrected chi connectivity index (χ1v) is 24.5. The van der Waals surface area contributed by atoms with E-state index in [4.69, 9.17) is 20.1 Å². The van der Waals surface area contributed by atoms with Gasteiger partial charge in [-0.15, -0.1) is 6.42 Å². The maximum atomic E-state index is 14.4. The molecule has 0 saturated carbocycles. The molecule has 4 amide bonds. The minimum absolute atomic E-state index is 0.0103. The molecule has 5 atom stereocenters. The second kappa shape index (κ2) is 26.2. The van der Waals surface area contributed by atoms with Crippen molar-refractivity contribution in [2.75, 3.05) is 46.1 Å². The molecule has 0 spiro atoms. The lowest BCUT2D eigenvalue weighted by Gasteiger charge is -2.30. The van der Waals surface area contributed by atoms with Gasteiger partial charge in [-0.05, 0) is 92.7 Å². The summed E-state index contributed by atoms with van der Waals surface area (Å²) in [7, 11) is -4.52. The average Bonchev–Trinajstić information content (AvgIpc) is 3.28. The molecular formula is C51H69N5O11S. The van der Waals surface area contributed by atoms with E-state index in [1.807, 2.05) is 62.9 Å². The van der Waals surface area contributed by atoms with Gasteiger partial charge in [-0.1, -0.05) is 94.3 Å². The topological polar surface area (TPSA) is 219 Å². The number of carbonyl (C=O) groups is 5. The highest BCUT2D eigenvalue weighted by atomic mass is 32.2. The average molecular weight is 960 g/mol. The summed E-state index contributed by atoms with van der Waals surface area (Å²) in [6, 6.07) is 16.7. The van der Waals surface area contributed by atoms with Crippen LogP contribution in [0.2, 0.25) is 0 Å². The van der Waals surface area contributed by atoms with Crippen molar-refractivity contribution in [3.05, 3.63) is 95.1 Å². The first-order chi connectivity index (χ1) is 32.2. The summed E-state index contributed by atoms with van der Waals surface area (Å²) in [4.78, 5) is 72.2. The number of ketones is 1. The number of hydrogen-bond acceptors (Lipinski definition) is 12. The molecule has 3 aromatic rings. The van der Waals surface area contributed by atoms with Crippen LogP contribution in [-0.2, 0) is 55.9 Å². The van der Waals surface area contributed by atoms with Gasteiger partial charge in [0.2, 0.25) is 23.6 Å². The van der Waals surface area contributed by atoms with Crippen molar-refractivity contribution in [2.45, 2.75) is 115 Å². The molecule has 16 nitrogen and oxygen atoms in total. The second-order valence-electron chi connectivity index (χ2n) is 18.4. The predicted octanol–water partition coefficient (Wildman–Crippen LogP) is 3.58. The molecule has 1 aliphatic heterocycles. The second-order valence-corrected chi connectivity index (χ2v) is 20.0. The third-order valence-electron chi connectivity index (χ3n) is 11.3. The number of amides is 4. The van der Waals surface area contributed by atoms with Gasteiger partial charge in [-0.3, -0.25) is 33.1 Å². The molecule has 3 aromatic carbocycles. The van der Waals surface area contributed by atoms with Crippen molar-refractivity contribution in [3.63, 3.8) is 0 Å². The minimum Gasteiger partial charge on any atom is -0.481 e. The van der Waals surface area contributed by atoms with Gasteiger partial charge < -0.3 is 35.8 Å². The summed E-state index contributed by atoms with van der Waals surface area (Å²) in [5.41, 5.74) is -0.170. The lowest BCUT2D eigenvalue weighted by Crippen LogP contribution is -2.60. The highest BCUT2D eigenvalue weighted by molar-refractivity contribution is 7.86. The van der Waals surface area contributed by atoms with E-state index in [-0.39, 0.29) is 61.5 Å². The number of carbonyl (C=O) groups excluding carboxylic acids is 5. The molecule has 4 rings (SSSR count). The number of ether oxygens (including phenoxy) is 2. The molecule has 0 aromatic heterocycles. The summed E-state index contributed by atoms with van der Waals surface area (Å²) in [5, 5.41) is 22.9. The largest absolute Gasteiger partial charge is 0.481 e. The summed E-state index contributed by atoms with van der Waals surface area (Å²) < 4.78 is 43.2. The Morgan fingerprint density at radius 3 is 1.87 bits per heavy atom. The van der Waals surface area contributed by atoms with Crippen molar-refractivity contribution < 1.29 is 51.2 Å². The third-order valence-corrected chi connectivity index (χ3v) is 12.9. The lowest BCUT2D eigenvalue weighted by molar-refractivity contribution is -0.143. The zero-order valence-corrected chi connectivity index (χ0v) is 41.2. The number of nitrogens with one attached hydrogen (secondary N) is 4. The minimum atomic E-state index is -4.52. The molecular weight excluding hydrogens is 891 g/mol. The van der Waals surface area contributed by atoms with Crippen molar-refractivity contribution in [1.82, 2.24) is 26.2 Å². The maximum Gasteiger partial charge on any atom is 0.297 e. The number of aryl methyl sites for hydroxylation is 3. The molecule has 5 N–H and O–H groups in total. The van der Waals surface area contributed by atoms with Crippen molar-refractivity contribution in [2.24, 2.45) is 11.8 Å². The van der Waals surface area contributed by atoms with Crippen molar-refractivity contribution in [1.29, 1.82) is 0 Å². The third kappa shape index (κ3) is 17.5. The first-order valence-electron chi connectivity index (χ1n) is 23.1. The molecule has 1 aliphatic rings. The van der Waals surface area contributed by atoms with E-state index in [0.29, 0.717) is 55.2 Å². The molecule has 0 radical (unpaired) electrons. The van der Waals surface area contributed by atoms with Crippen LogP contribution < -0.4 is 26.0 Å². The Morgan fingerprint density at radius 1 is 0.779 bits per heavy atom. The fourth-order valence-corrected chi connectivity index (χ4v) is 9.33. The molecule has 1 fully saturated rings. The Labute approximate surface area is 401 Å². The first kappa shape index (κ1) is 55.0. The lowest BCUT2D eigenvalue weighted by atomic mass is 9.90. The Hall–Kier alpha value is -5.64. The standard InChI is InChI=1S/C51H69N5O11S/c1-9-24-66-40-29-36(6)46(37(7)30-40)68(63,64)67-33-51(8,62)47(58)42(27-34(2)3)53-50(61)44(31-39-18-14-11-15-19-39)55-49(60)43(28-35(4)5)54-48(59)41(21-20-38-16-12-10-13-17-38)52-45(57)32-56-22-25-65-26-23-56/h1,10-19,29-30,34-35,41-44,62H,20-28,31-33H2,2-8H3,(H,52,57)(H,53,61)(H,54,59)(H,55,60). The normalized spacial score (nSPS) is 15.8. The summed E-state index contributed by atoms with van der Waals surface area (Å²) >= 11 is 0. The van der Waals surface area contributed by atoms with Crippen LogP contribution >= 0.6 is 0 Å². The Kier molecular flexibility index (Phi) is 21.2. The summed E-state index contributed by atoms with van der Waals surface area (Å²) in [6.45, 7) is 12.8. The van der Waals surface area contributed by atoms with Crippen LogP contribution in [0.1, 0.15) is 76.1 Å². The van der Waals surface area contributed by atoms with Crippen LogP contribution in [0.15, 0.2) is 77.7 Å². The van der Waals surface area contributed by atoms with E-state index in [1.165, 1.54) is 12.1 Å². The monoisotopic (exact) mass is 959 g/mol. The van der Waals surface area contributed by atoms with Gasteiger partial charge >= 0.3 is 0 Å². The molecule has 0 aliphatic carbocycles. The number of hydrogen-bond donors (Lipinski definition) is 5. The van der Waals surface area contributed by atoms with E-state index in [9.17, 15) is 37.5 Å². The van der Waals surface area contributed by atoms with E-state index in [1.54, 1.807) is 44.2 Å². The fourth-order valence-electron chi connectivity index (χ4n) is 7.92. The van der Waals surface area contributed by atoms with Gasteiger partial charge in [0.15, 0.2) is 5.78 Å². The molecule has 5 unspecified atom stereocenters. The summed E-state index contributed by atoms with van der Waals surface area (Å²) in [6.07, 6.45) is 6.23. The smallest absolute Gasteiger partial charge is 0.297 e. The van der Waals surface area contributed by atoms with Crippen LogP contribution in [0.3, 0.4) is 0 Å². The Balaban J connectivity index is 1.55. The quantitative estimate of drug-likeness (QED) is 0.0577. The van der Waals surface area contributed by atoms with Crippen molar-refractivity contribution >= 4 is 39.5 Å². The number of rotatable bonds is 26. The van der Waals surface area contributed by atoms with Crippen LogP contribution in [0.5, 0.6) is 5.75 Å². The van der Waals surface area contributed by atoms with Crippen LogP contribution in [-0.4, -0.2) is 124 Å². The fraction of sp³-hybridized carbons (Fsp3) is 0.510. The number of Topliss-reactive ketones (excluding diaryl/α,β-unsaturated/α-hetero) is 1. The maximum absolute atomic E-state index is 14.4. The molecule has 1 saturated heterocycles. The van der Waals surface area contributed by atoms with E-state index in [0.717, 1.165) is 12.5 Å². The molecule has 68 heavy (non-hydrogen) atoms. The highest BCUT2D eigenvalue weighted by Crippen LogP contribution is 2.28. The number of aliphatic hydroxyl groups is 1. The van der Waals surface area contributed by atoms with Gasteiger partial charge in [0.05, 0.1) is 25.8 Å². The van der Waals surface area contributed by atoms with Crippen molar-refractivity contribution in [3.8, 4) is 18.1 Å². The predicted molar refractivity (Wildman–Crippen MR) is 258 cm³/mol. The van der Waals surface area contributed by atoms with Gasteiger partial charge in [0.1, 0.15) is 47.6 Å². The molecule has 17 heteroatoms. The molecule has 1 heterocycles. The zero-order valence-electron chi connectivity index (χ0n) is 40.3. The highest BCUT2D eigenvalue weighted by Gasteiger charge is 2.40. The number of nitrogens with zero attached hydrogens (tertiary/aromatic N) is 1. The zero-order chi connectivity index (χ0) is 50.0. The van der Waals surface area contributed by atoms with Gasteiger partial charge in [0.25, 0.3) is 10.1 Å². The van der Waals surface area contributed by atoms with E-state index in [2.05, 4.69) is 27.2 Å². The van der Waals surface area contributed by atoms with Gasteiger partial charge in [-0.2, -0.15) is 8.42 Å². The number of benzene rings is 3. The van der Waals surface area contributed by atoms with Crippen LogP contribution in [0.4, 0.5) is 0 Å². The Morgan fingerprint density at radius 2 is 1.29 bits per heavy atom. The number of terminal acetylenes is 1. The van der Waals surface area contributed by atoms with Crippen LogP contribution in [0.25, 0.3) is 0 Å². The number of morpholine rings is 1. The summed E-state index contributed by atoms with van der Waals surface area (Å²) in [5.74, 6) is -0.809.